The van der Waals surface area contributed by atoms with Crippen LogP contribution < -0.4 is 0 Å². The van der Waals surface area contributed by atoms with Gasteiger partial charge in [0.2, 0.25) is 0 Å². The summed E-state index contributed by atoms with van der Waals surface area (Å²) in [6, 6.07) is 7.59. The number of hydrogen-bond acceptors (Lipinski definition) is 2. The Balaban J connectivity index is 2.70. The molecule has 3 heteroatoms. The van der Waals surface area contributed by atoms with Crippen molar-refractivity contribution in [3.63, 3.8) is 0 Å². The summed E-state index contributed by atoms with van der Waals surface area (Å²) in [6.07, 6.45) is 1.20. The number of hydrogen-bond donors (Lipinski definition) is 1. The fraction of sp³-hybridized carbons (Fsp3) is 0.182. The molecule has 1 N–H and O–H groups in total. The third kappa shape index (κ3) is 1.59. The normalized spacial score (nSPS) is 13.1. The Hall–Kier alpha value is -1.12. The molecule has 1 heterocycles. The van der Waals surface area contributed by atoms with Crippen LogP contribution in [0, 0.1) is 0 Å². The van der Waals surface area contributed by atoms with E-state index in [0.29, 0.717) is 5.15 Å². The summed E-state index contributed by atoms with van der Waals surface area (Å²) in [5, 5.41) is 11.8. The van der Waals surface area contributed by atoms with Crippen LogP contribution in [0.1, 0.15) is 18.6 Å². The molecule has 0 aliphatic heterocycles. The highest BCUT2D eigenvalue weighted by atomic mass is 35.5. The third-order valence-electron chi connectivity index (χ3n) is 2.22. The highest BCUT2D eigenvalue weighted by Crippen LogP contribution is 2.24. The molecule has 1 aromatic heterocycles. The Morgan fingerprint density at radius 3 is 2.86 bits per heavy atom. The largest absolute Gasteiger partial charge is 0.389 e. The molecular formula is C11H10ClNO. The van der Waals surface area contributed by atoms with Crippen LogP contribution in [0.4, 0.5) is 0 Å². The first kappa shape index (κ1) is 9.44. The quantitative estimate of drug-likeness (QED) is 0.730. The maximum Gasteiger partial charge on any atom is 0.136 e. The average Bonchev–Trinajstić information content (AvgIpc) is 2.18. The van der Waals surface area contributed by atoms with Gasteiger partial charge in [0.15, 0.2) is 0 Å². The molecule has 2 nitrogen and oxygen atoms in total. The first-order valence-electron chi connectivity index (χ1n) is 4.41. The standard InChI is InChI=1S/C11H10ClNO/c1-7(14)9-3-2-8-4-5-13-11(12)10(8)6-9/h2-7,14H,1H3. The molecule has 0 saturated heterocycles. The molecule has 1 aromatic carbocycles. The first-order chi connectivity index (χ1) is 6.68. The van der Waals surface area contributed by atoms with Gasteiger partial charge in [-0.3, -0.25) is 0 Å². The van der Waals surface area contributed by atoms with Gasteiger partial charge >= 0.3 is 0 Å². The minimum absolute atomic E-state index is 0.476. The van der Waals surface area contributed by atoms with Gasteiger partial charge in [-0.1, -0.05) is 23.7 Å². The molecule has 0 aliphatic carbocycles. The van der Waals surface area contributed by atoms with Crippen molar-refractivity contribution in [1.82, 2.24) is 4.98 Å². The van der Waals surface area contributed by atoms with Gasteiger partial charge in [-0.15, -0.1) is 0 Å². The molecular weight excluding hydrogens is 198 g/mol. The molecule has 2 aromatic rings. The van der Waals surface area contributed by atoms with E-state index in [1.54, 1.807) is 13.1 Å². The van der Waals surface area contributed by atoms with Gasteiger partial charge < -0.3 is 5.11 Å². The number of fused-ring (bicyclic) bond motifs is 1. The van der Waals surface area contributed by atoms with Crippen LogP contribution in [0.5, 0.6) is 0 Å². The van der Waals surface area contributed by atoms with Crippen LogP contribution in [0.3, 0.4) is 0 Å². The van der Waals surface area contributed by atoms with Crippen molar-refractivity contribution in [3.05, 3.63) is 41.2 Å². The summed E-state index contributed by atoms with van der Waals surface area (Å²) >= 11 is 5.94. The fourth-order valence-corrected chi connectivity index (χ4v) is 1.63. The highest BCUT2D eigenvalue weighted by molar-refractivity contribution is 6.34. The number of benzene rings is 1. The van der Waals surface area contributed by atoms with Crippen LogP contribution >= 0.6 is 11.6 Å². The predicted octanol–water partition coefficient (Wildman–Crippen LogP) is 2.94. The molecule has 0 saturated carbocycles. The molecule has 2 rings (SSSR count). The van der Waals surface area contributed by atoms with Gasteiger partial charge in [-0.25, -0.2) is 4.98 Å². The van der Waals surface area contributed by atoms with E-state index in [0.717, 1.165) is 16.3 Å². The van der Waals surface area contributed by atoms with E-state index in [4.69, 9.17) is 11.6 Å². The van der Waals surface area contributed by atoms with E-state index in [9.17, 15) is 5.11 Å². The monoisotopic (exact) mass is 207 g/mol. The number of aliphatic hydroxyl groups excluding tert-OH is 1. The van der Waals surface area contributed by atoms with Crippen molar-refractivity contribution < 1.29 is 5.11 Å². The molecule has 0 fully saturated rings. The predicted molar refractivity (Wildman–Crippen MR) is 57.4 cm³/mol. The van der Waals surface area contributed by atoms with Gasteiger partial charge in [0.05, 0.1) is 6.10 Å². The van der Waals surface area contributed by atoms with Crippen molar-refractivity contribution in [3.8, 4) is 0 Å². The van der Waals surface area contributed by atoms with Crippen LogP contribution in [-0.2, 0) is 0 Å². The summed E-state index contributed by atoms with van der Waals surface area (Å²) in [6.45, 7) is 1.73. The Morgan fingerprint density at radius 2 is 2.14 bits per heavy atom. The van der Waals surface area contributed by atoms with Crippen molar-refractivity contribution >= 4 is 22.4 Å². The fourth-order valence-electron chi connectivity index (χ4n) is 1.41. The lowest BCUT2D eigenvalue weighted by atomic mass is 10.1. The number of pyridine rings is 1. The summed E-state index contributed by atoms with van der Waals surface area (Å²) in [4.78, 5) is 3.99. The zero-order chi connectivity index (χ0) is 10.1. The molecule has 1 unspecified atom stereocenters. The molecule has 0 amide bonds. The topological polar surface area (TPSA) is 33.1 Å². The van der Waals surface area contributed by atoms with E-state index in [-0.39, 0.29) is 0 Å². The Morgan fingerprint density at radius 1 is 1.36 bits per heavy atom. The molecule has 14 heavy (non-hydrogen) atoms. The molecule has 72 valence electrons. The van der Waals surface area contributed by atoms with Crippen molar-refractivity contribution in [2.24, 2.45) is 0 Å². The SMILES string of the molecule is CC(O)c1ccc2ccnc(Cl)c2c1. The van der Waals surface area contributed by atoms with E-state index in [1.165, 1.54) is 0 Å². The summed E-state index contributed by atoms with van der Waals surface area (Å²) in [5.41, 5.74) is 0.854. The smallest absolute Gasteiger partial charge is 0.136 e. The van der Waals surface area contributed by atoms with Gasteiger partial charge in [0, 0.05) is 11.6 Å². The molecule has 0 bridgehead atoms. The molecule has 0 spiro atoms. The van der Waals surface area contributed by atoms with Crippen molar-refractivity contribution in [1.29, 1.82) is 0 Å². The van der Waals surface area contributed by atoms with Crippen LogP contribution in [0.15, 0.2) is 30.5 Å². The first-order valence-corrected chi connectivity index (χ1v) is 4.78. The number of halogens is 1. The van der Waals surface area contributed by atoms with Gasteiger partial charge in [-0.2, -0.15) is 0 Å². The van der Waals surface area contributed by atoms with Gasteiger partial charge in [0.1, 0.15) is 5.15 Å². The Labute approximate surface area is 87.2 Å². The Kier molecular flexibility index (Phi) is 2.40. The lowest BCUT2D eigenvalue weighted by Gasteiger charge is -2.06. The second-order valence-electron chi connectivity index (χ2n) is 3.26. The number of nitrogens with zero attached hydrogens (tertiary/aromatic N) is 1. The van der Waals surface area contributed by atoms with Crippen LogP contribution in [0.2, 0.25) is 5.15 Å². The summed E-state index contributed by atoms with van der Waals surface area (Å²) < 4.78 is 0. The second kappa shape index (κ2) is 3.56. The van der Waals surface area contributed by atoms with Crippen LogP contribution in [0.25, 0.3) is 10.8 Å². The maximum absolute atomic E-state index is 9.41. The molecule has 0 aliphatic rings. The number of aliphatic hydroxyl groups is 1. The van der Waals surface area contributed by atoms with Crippen molar-refractivity contribution in [2.75, 3.05) is 0 Å². The average molecular weight is 208 g/mol. The number of rotatable bonds is 1. The maximum atomic E-state index is 9.41. The summed E-state index contributed by atoms with van der Waals surface area (Å²) in [7, 11) is 0. The van der Waals surface area contributed by atoms with Crippen LogP contribution in [-0.4, -0.2) is 10.1 Å². The summed E-state index contributed by atoms with van der Waals surface area (Å²) in [5.74, 6) is 0. The van der Waals surface area contributed by atoms with E-state index in [2.05, 4.69) is 4.98 Å². The highest BCUT2D eigenvalue weighted by Gasteiger charge is 2.04. The minimum atomic E-state index is -0.476. The number of aromatic nitrogens is 1. The lowest BCUT2D eigenvalue weighted by Crippen LogP contribution is -1.90. The van der Waals surface area contributed by atoms with E-state index in [1.807, 2.05) is 24.3 Å². The second-order valence-corrected chi connectivity index (χ2v) is 3.62. The zero-order valence-electron chi connectivity index (χ0n) is 7.74. The molecule has 1 atom stereocenters. The van der Waals surface area contributed by atoms with Gasteiger partial charge in [0.25, 0.3) is 0 Å². The van der Waals surface area contributed by atoms with Crippen molar-refractivity contribution in [2.45, 2.75) is 13.0 Å². The lowest BCUT2D eigenvalue weighted by molar-refractivity contribution is 0.199. The Bertz CT molecular complexity index is 468. The molecule has 0 radical (unpaired) electrons. The van der Waals surface area contributed by atoms with E-state index >= 15 is 0 Å². The van der Waals surface area contributed by atoms with Gasteiger partial charge in [-0.05, 0) is 30.0 Å². The minimum Gasteiger partial charge on any atom is -0.389 e. The third-order valence-corrected chi connectivity index (χ3v) is 2.53. The van der Waals surface area contributed by atoms with E-state index < -0.39 is 6.10 Å². The zero-order valence-corrected chi connectivity index (χ0v) is 8.49.